The van der Waals surface area contributed by atoms with Crippen LogP contribution in [0.3, 0.4) is 0 Å². The number of carbonyl (C=O) groups is 1. The summed E-state index contributed by atoms with van der Waals surface area (Å²) in [6, 6.07) is 6.58. The molecule has 0 fully saturated rings. The quantitative estimate of drug-likeness (QED) is 0.567. The van der Waals surface area contributed by atoms with Gasteiger partial charge in [-0.3, -0.25) is 10.3 Å². The highest BCUT2D eigenvalue weighted by Crippen LogP contribution is 2.21. The average Bonchev–Trinajstić information content (AvgIpc) is 2.61. The summed E-state index contributed by atoms with van der Waals surface area (Å²) in [5, 5.41) is 7.88. The molecule has 0 spiro atoms. The van der Waals surface area contributed by atoms with E-state index in [1.54, 1.807) is 25.3 Å². The molecule has 0 radical (unpaired) electrons. The van der Waals surface area contributed by atoms with Crippen molar-refractivity contribution in [1.29, 1.82) is 0 Å². The molecule has 1 aromatic heterocycles. The van der Waals surface area contributed by atoms with Crippen molar-refractivity contribution in [2.75, 3.05) is 37.2 Å². The Balaban J connectivity index is 1.91. The molecule has 2 rings (SSSR count). The van der Waals surface area contributed by atoms with Crippen LogP contribution >= 0.6 is 0 Å². The lowest BCUT2D eigenvalue weighted by molar-refractivity contribution is 0.219. The van der Waals surface area contributed by atoms with Crippen LogP contribution in [0.4, 0.5) is 20.6 Å². The fourth-order valence-corrected chi connectivity index (χ4v) is 2.86. The molecule has 1 heterocycles. The van der Waals surface area contributed by atoms with E-state index in [-0.39, 0.29) is 23.9 Å². The first-order valence-corrected chi connectivity index (χ1v) is 10.3. The summed E-state index contributed by atoms with van der Waals surface area (Å²) in [5.74, 6) is -0.626. The summed E-state index contributed by atoms with van der Waals surface area (Å²) in [6.07, 6.45) is 2.61. The van der Waals surface area contributed by atoms with E-state index in [0.29, 0.717) is 5.69 Å². The number of pyridine rings is 1. The number of hydrogen-bond acceptors (Lipinski definition) is 6. The van der Waals surface area contributed by atoms with E-state index in [1.165, 1.54) is 32.4 Å². The van der Waals surface area contributed by atoms with Crippen molar-refractivity contribution in [1.82, 2.24) is 14.6 Å². The molecule has 0 aliphatic heterocycles. The van der Waals surface area contributed by atoms with Crippen molar-refractivity contribution < 1.29 is 22.3 Å². The summed E-state index contributed by atoms with van der Waals surface area (Å²) in [4.78, 5) is 15.9. The zero-order chi connectivity index (χ0) is 21.4. The Morgan fingerprint density at radius 1 is 1.24 bits per heavy atom. The Morgan fingerprint density at radius 2 is 1.97 bits per heavy atom. The molecular weight excluding hydrogens is 401 g/mol. The molecule has 29 heavy (non-hydrogen) atoms. The molecule has 9 nitrogen and oxygen atoms in total. The monoisotopic (exact) mass is 425 g/mol. The average molecular weight is 425 g/mol. The van der Waals surface area contributed by atoms with Gasteiger partial charge in [-0.05, 0) is 25.1 Å². The van der Waals surface area contributed by atoms with E-state index in [9.17, 15) is 17.6 Å². The third kappa shape index (κ3) is 7.64. The van der Waals surface area contributed by atoms with Crippen molar-refractivity contribution in [2.24, 2.45) is 0 Å². The zero-order valence-electron chi connectivity index (χ0n) is 16.3. The van der Waals surface area contributed by atoms with Gasteiger partial charge in [0.25, 0.3) is 0 Å². The molecule has 0 saturated carbocycles. The number of anilines is 2. The summed E-state index contributed by atoms with van der Waals surface area (Å²) in [6.45, 7) is 1.94. The lowest BCUT2D eigenvalue weighted by Crippen LogP contribution is -2.37. The third-order valence-corrected chi connectivity index (χ3v) is 5.34. The molecule has 11 heteroatoms. The van der Waals surface area contributed by atoms with E-state index in [0.717, 1.165) is 10.4 Å². The minimum absolute atomic E-state index is 0.200. The smallest absolute Gasteiger partial charge is 0.323 e. The van der Waals surface area contributed by atoms with Gasteiger partial charge in [0, 0.05) is 44.7 Å². The summed E-state index contributed by atoms with van der Waals surface area (Å²) >= 11 is 0. The number of carbonyl (C=O) groups excluding carboxylic acids is 1. The first kappa shape index (κ1) is 22.5. The number of amides is 2. The van der Waals surface area contributed by atoms with Crippen LogP contribution in [-0.4, -0.2) is 56.4 Å². The molecule has 1 aromatic carbocycles. The van der Waals surface area contributed by atoms with E-state index < -0.39 is 28.0 Å². The maximum absolute atomic E-state index is 13.9. The summed E-state index contributed by atoms with van der Waals surface area (Å²) in [5.41, 5.74) is 0.696. The minimum atomic E-state index is -3.37. The SMILES string of the molecule is C[C@@H](CNCS(=O)(=O)N(C)C)Oc1cc(F)cc(NC(=O)Nc2cccnc2)c1. The number of ether oxygens (including phenoxy) is 1. The highest BCUT2D eigenvalue weighted by atomic mass is 32.2. The van der Waals surface area contributed by atoms with Gasteiger partial charge in [0.05, 0.1) is 11.9 Å². The van der Waals surface area contributed by atoms with Crippen LogP contribution in [0.15, 0.2) is 42.7 Å². The highest BCUT2D eigenvalue weighted by Gasteiger charge is 2.14. The summed E-state index contributed by atoms with van der Waals surface area (Å²) in [7, 11) is -0.478. The third-order valence-electron chi connectivity index (χ3n) is 3.66. The van der Waals surface area contributed by atoms with Gasteiger partial charge in [0.2, 0.25) is 10.0 Å². The number of halogens is 1. The van der Waals surface area contributed by atoms with Crippen molar-refractivity contribution in [3.8, 4) is 5.75 Å². The van der Waals surface area contributed by atoms with Crippen LogP contribution in [-0.2, 0) is 10.0 Å². The summed E-state index contributed by atoms with van der Waals surface area (Å²) < 4.78 is 44.1. The van der Waals surface area contributed by atoms with Gasteiger partial charge in [-0.1, -0.05) is 0 Å². The van der Waals surface area contributed by atoms with Crippen molar-refractivity contribution in [3.63, 3.8) is 0 Å². The van der Waals surface area contributed by atoms with E-state index in [1.807, 2.05) is 0 Å². The molecule has 0 aliphatic rings. The molecule has 2 aromatic rings. The van der Waals surface area contributed by atoms with Crippen LogP contribution in [0.25, 0.3) is 0 Å². The standard InChI is InChI=1S/C18H24FN5O4S/c1-13(10-21-12-29(26,27)24(2)3)28-17-8-14(19)7-16(9-17)23-18(25)22-15-5-4-6-20-11-15/h4-9,11,13,21H,10,12H2,1-3H3,(H2,22,23,25)/t13-/m0/s1. The predicted molar refractivity (Wildman–Crippen MR) is 109 cm³/mol. The lowest BCUT2D eigenvalue weighted by atomic mass is 10.3. The molecule has 158 valence electrons. The van der Waals surface area contributed by atoms with Crippen molar-refractivity contribution in [2.45, 2.75) is 13.0 Å². The largest absolute Gasteiger partial charge is 0.489 e. The Labute approximate surface area is 169 Å². The number of urea groups is 1. The predicted octanol–water partition coefficient (Wildman–Crippen LogP) is 2.07. The van der Waals surface area contributed by atoms with Crippen LogP contribution in [0, 0.1) is 5.82 Å². The van der Waals surface area contributed by atoms with Gasteiger partial charge in [0.1, 0.15) is 23.5 Å². The van der Waals surface area contributed by atoms with E-state index >= 15 is 0 Å². The maximum Gasteiger partial charge on any atom is 0.323 e. The van der Waals surface area contributed by atoms with E-state index in [2.05, 4.69) is 20.9 Å². The number of hydrogen-bond donors (Lipinski definition) is 3. The van der Waals surface area contributed by atoms with Crippen LogP contribution < -0.4 is 20.7 Å². The molecule has 1 atom stereocenters. The van der Waals surface area contributed by atoms with Gasteiger partial charge < -0.3 is 15.4 Å². The molecule has 0 bridgehead atoms. The maximum atomic E-state index is 13.9. The van der Waals surface area contributed by atoms with Crippen LogP contribution in [0.1, 0.15) is 6.92 Å². The van der Waals surface area contributed by atoms with Gasteiger partial charge in [-0.15, -0.1) is 0 Å². The Bertz CT molecular complexity index is 925. The van der Waals surface area contributed by atoms with Gasteiger partial charge in [0.15, 0.2) is 0 Å². The second kappa shape index (κ2) is 10.1. The first-order valence-electron chi connectivity index (χ1n) is 8.72. The Morgan fingerprint density at radius 3 is 2.62 bits per heavy atom. The van der Waals surface area contributed by atoms with Crippen LogP contribution in [0.2, 0.25) is 0 Å². The molecule has 3 N–H and O–H groups in total. The number of nitrogens with one attached hydrogen (secondary N) is 3. The van der Waals surface area contributed by atoms with Gasteiger partial charge in [-0.25, -0.2) is 21.9 Å². The number of rotatable bonds is 9. The fraction of sp³-hybridized carbons (Fsp3) is 0.333. The number of aromatic nitrogens is 1. The first-order chi connectivity index (χ1) is 13.7. The van der Waals surface area contributed by atoms with Crippen molar-refractivity contribution >= 4 is 27.4 Å². The fourth-order valence-electron chi connectivity index (χ4n) is 2.23. The second-order valence-electron chi connectivity index (χ2n) is 6.42. The number of nitrogens with zero attached hydrogens (tertiary/aromatic N) is 2. The van der Waals surface area contributed by atoms with Gasteiger partial charge >= 0.3 is 6.03 Å². The topological polar surface area (TPSA) is 113 Å². The minimum Gasteiger partial charge on any atom is -0.489 e. The van der Waals surface area contributed by atoms with Gasteiger partial charge in [-0.2, -0.15) is 0 Å². The Hall–Kier alpha value is -2.76. The Kier molecular flexibility index (Phi) is 7.88. The molecule has 0 unspecified atom stereocenters. The lowest BCUT2D eigenvalue weighted by Gasteiger charge is -2.18. The molecule has 2 amide bonds. The van der Waals surface area contributed by atoms with E-state index in [4.69, 9.17) is 4.74 Å². The molecular formula is C18H24FN5O4S. The highest BCUT2D eigenvalue weighted by molar-refractivity contribution is 7.89. The second-order valence-corrected chi connectivity index (χ2v) is 8.60. The van der Waals surface area contributed by atoms with Crippen LogP contribution in [0.5, 0.6) is 5.75 Å². The number of sulfonamides is 1. The van der Waals surface area contributed by atoms with Crippen molar-refractivity contribution in [3.05, 3.63) is 48.5 Å². The molecule has 0 saturated heterocycles. The normalized spacial score (nSPS) is 12.4. The molecule has 0 aliphatic carbocycles. The number of benzene rings is 1. The zero-order valence-corrected chi connectivity index (χ0v) is 17.2.